The van der Waals surface area contributed by atoms with E-state index in [4.69, 9.17) is 0 Å². The van der Waals surface area contributed by atoms with Crippen LogP contribution in [-0.4, -0.2) is 14.5 Å². The lowest BCUT2D eigenvalue weighted by atomic mass is 10.3. The first kappa shape index (κ1) is 8.91. The molecule has 3 heterocycles. The molecule has 4 heteroatoms. The number of nitrogens with zero attached hydrogens (tertiary/aromatic N) is 2. The van der Waals surface area contributed by atoms with Crippen molar-refractivity contribution in [2.75, 3.05) is 0 Å². The number of nitrogens with one attached hydrogen (secondary N) is 1. The van der Waals surface area contributed by atoms with Crippen LogP contribution in [-0.2, 0) is 0 Å². The van der Waals surface area contributed by atoms with Gasteiger partial charge in [0.25, 0.3) is 5.56 Å². The van der Waals surface area contributed by atoms with Crippen molar-refractivity contribution in [3.63, 3.8) is 0 Å². The molecule has 0 spiro atoms. The maximum atomic E-state index is 11.5. The molecule has 0 saturated heterocycles. The third kappa shape index (κ3) is 1.24. The average Bonchev–Trinajstić information content (AvgIpc) is 2.75. The summed E-state index contributed by atoms with van der Waals surface area (Å²) in [6.07, 6.45) is 7.01. The third-order valence-corrected chi connectivity index (χ3v) is 2.55. The molecule has 0 radical (unpaired) electrons. The highest BCUT2D eigenvalue weighted by atomic mass is 16.1. The van der Waals surface area contributed by atoms with Crippen molar-refractivity contribution in [3.8, 4) is 5.69 Å². The van der Waals surface area contributed by atoms with E-state index in [1.807, 2.05) is 29.0 Å². The molecule has 0 saturated carbocycles. The number of pyridine rings is 2. The molecule has 0 aliphatic heterocycles. The summed E-state index contributed by atoms with van der Waals surface area (Å²) < 4.78 is 1.94. The molecule has 16 heavy (non-hydrogen) atoms. The number of aromatic amines is 1. The third-order valence-electron chi connectivity index (χ3n) is 2.55. The van der Waals surface area contributed by atoms with Crippen molar-refractivity contribution >= 4 is 10.9 Å². The first-order valence-electron chi connectivity index (χ1n) is 4.95. The Hall–Kier alpha value is -2.36. The highest BCUT2D eigenvalue weighted by Gasteiger charge is 2.04. The van der Waals surface area contributed by atoms with Gasteiger partial charge in [0.15, 0.2) is 0 Å². The molecule has 3 rings (SSSR count). The number of H-pyrrole nitrogens is 1. The van der Waals surface area contributed by atoms with Crippen molar-refractivity contribution in [3.05, 3.63) is 59.4 Å². The van der Waals surface area contributed by atoms with E-state index in [1.165, 1.54) is 0 Å². The van der Waals surface area contributed by atoms with Crippen LogP contribution in [0.25, 0.3) is 16.6 Å². The van der Waals surface area contributed by atoms with Crippen molar-refractivity contribution in [1.29, 1.82) is 0 Å². The van der Waals surface area contributed by atoms with Gasteiger partial charge in [0.05, 0.1) is 22.8 Å². The second kappa shape index (κ2) is 3.34. The Bertz CT molecular complexity index is 682. The second-order valence-corrected chi connectivity index (χ2v) is 3.50. The molecule has 3 aromatic heterocycles. The predicted octanol–water partition coefficient (Wildman–Crippen LogP) is 1.71. The van der Waals surface area contributed by atoms with E-state index < -0.39 is 0 Å². The predicted molar refractivity (Wildman–Crippen MR) is 61.7 cm³/mol. The van der Waals surface area contributed by atoms with Crippen LogP contribution in [0.1, 0.15) is 0 Å². The van der Waals surface area contributed by atoms with Gasteiger partial charge in [-0.1, -0.05) is 0 Å². The zero-order chi connectivity index (χ0) is 11.0. The second-order valence-electron chi connectivity index (χ2n) is 3.50. The highest BCUT2D eigenvalue weighted by molar-refractivity contribution is 5.80. The van der Waals surface area contributed by atoms with Crippen LogP contribution in [0.15, 0.2) is 53.8 Å². The van der Waals surface area contributed by atoms with Gasteiger partial charge >= 0.3 is 0 Å². The number of aromatic nitrogens is 3. The average molecular weight is 211 g/mol. The Balaban J connectivity index is 2.34. The van der Waals surface area contributed by atoms with E-state index in [0.717, 1.165) is 11.2 Å². The first-order valence-corrected chi connectivity index (χ1v) is 4.95. The smallest absolute Gasteiger partial charge is 0.257 e. The van der Waals surface area contributed by atoms with Gasteiger partial charge in [0.1, 0.15) is 0 Å². The normalized spacial score (nSPS) is 10.8. The van der Waals surface area contributed by atoms with Gasteiger partial charge < -0.3 is 9.55 Å². The number of fused-ring (bicyclic) bond motifs is 1. The molecule has 0 bridgehead atoms. The molecule has 0 unspecified atom stereocenters. The maximum Gasteiger partial charge on any atom is 0.257 e. The lowest BCUT2D eigenvalue weighted by Crippen LogP contribution is -2.04. The van der Waals surface area contributed by atoms with Crippen LogP contribution in [0.4, 0.5) is 0 Å². The molecule has 0 atom stereocenters. The SMILES string of the molecule is O=c1[nH]ccc2c1ccn2-c1cccnc1. The summed E-state index contributed by atoms with van der Waals surface area (Å²) in [6.45, 7) is 0. The standard InChI is InChI=1S/C12H9N3O/c16-12-10-4-7-15(11(10)3-6-14-12)9-2-1-5-13-8-9/h1-8H,(H,14,16). The zero-order valence-electron chi connectivity index (χ0n) is 8.42. The number of rotatable bonds is 1. The zero-order valence-corrected chi connectivity index (χ0v) is 8.42. The van der Waals surface area contributed by atoms with E-state index in [0.29, 0.717) is 5.39 Å². The van der Waals surface area contributed by atoms with Gasteiger partial charge in [-0.25, -0.2) is 0 Å². The summed E-state index contributed by atoms with van der Waals surface area (Å²) in [5.41, 5.74) is 1.76. The van der Waals surface area contributed by atoms with Crippen LogP contribution in [0.2, 0.25) is 0 Å². The van der Waals surface area contributed by atoms with Gasteiger partial charge in [-0.3, -0.25) is 9.78 Å². The number of hydrogen-bond acceptors (Lipinski definition) is 2. The van der Waals surface area contributed by atoms with Gasteiger partial charge in [-0.05, 0) is 24.3 Å². The van der Waals surface area contributed by atoms with Crippen molar-refractivity contribution < 1.29 is 0 Å². The fourth-order valence-corrected chi connectivity index (χ4v) is 1.80. The van der Waals surface area contributed by atoms with Crippen LogP contribution in [0.3, 0.4) is 0 Å². The van der Waals surface area contributed by atoms with Crippen LogP contribution in [0, 0.1) is 0 Å². The monoisotopic (exact) mass is 211 g/mol. The minimum absolute atomic E-state index is 0.0693. The molecule has 0 aromatic carbocycles. The van der Waals surface area contributed by atoms with Crippen molar-refractivity contribution in [2.45, 2.75) is 0 Å². The minimum Gasteiger partial charge on any atom is -0.328 e. The Morgan fingerprint density at radius 1 is 1.25 bits per heavy atom. The van der Waals surface area contributed by atoms with E-state index in [1.54, 1.807) is 24.7 Å². The summed E-state index contributed by atoms with van der Waals surface area (Å²) in [5, 5.41) is 0.686. The largest absolute Gasteiger partial charge is 0.328 e. The molecule has 4 nitrogen and oxygen atoms in total. The molecular weight excluding hydrogens is 202 g/mol. The fourth-order valence-electron chi connectivity index (χ4n) is 1.80. The molecule has 0 amide bonds. The first-order chi connectivity index (χ1) is 7.86. The van der Waals surface area contributed by atoms with Gasteiger partial charge in [-0.15, -0.1) is 0 Å². The summed E-state index contributed by atoms with van der Waals surface area (Å²) >= 11 is 0. The number of hydrogen-bond donors (Lipinski definition) is 1. The Morgan fingerprint density at radius 3 is 3.00 bits per heavy atom. The van der Waals surface area contributed by atoms with Crippen LogP contribution < -0.4 is 5.56 Å². The van der Waals surface area contributed by atoms with Crippen molar-refractivity contribution in [2.24, 2.45) is 0 Å². The van der Waals surface area contributed by atoms with Gasteiger partial charge in [-0.2, -0.15) is 0 Å². The Morgan fingerprint density at radius 2 is 2.19 bits per heavy atom. The minimum atomic E-state index is -0.0693. The quantitative estimate of drug-likeness (QED) is 0.666. The Kier molecular flexibility index (Phi) is 1.86. The van der Waals surface area contributed by atoms with Gasteiger partial charge in [0.2, 0.25) is 0 Å². The molecule has 3 aromatic rings. The molecule has 1 N–H and O–H groups in total. The maximum absolute atomic E-state index is 11.5. The molecule has 78 valence electrons. The highest BCUT2D eigenvalue weighted by Crippen LogP contribution is 2.15. The molecular formula is C12H9N3O. The molecule has 0 fully saturated rings. The summed E-state index contributed by atoms with van der Waals surface area (Å²) in [5.74, 6) is 0. The van der Waals surface area contributed by atoms with E-state index in [-0.39, 0.29) is 5.56 Å². The van der Waals surface area contributed by atoms with Gasteiger partial charge in [0, 0.05) is 18.6 Å². The lowest BCUT2D eigenvalue weighted by Gasteiger charge is -2.03. The fraction of sp³-hybridized carbons (Fsp3) is 0. The molecule has 0 aliphatic carbocycles. The summed E-state index contributed by atoms with van der Waals surface area (Å²) in [7, 11) is 0. The topological polar surface area (TPSA) is 50.7 Å². The summed E-state index contributed by atoms with van der Waals surface area (Å²) in [4.78, 5) is 18.3. The Labute approximate surface area is 91.2 Å². The van der Waals surface area contributed by atoms with E-state index >= 15 is 0 Å². The van der Waals surface area contributed by atoms with Crippen LogP contribution in [0.5, 0.6) is 0 Å². The van der Waals surface area contributed by atoms with Crippen molar-refractivity contribution in [1.82, 2.24) is 14.5 Å². The lowest BCUT2D eigenvalue weighted by molar-refractivity contribution is 1.10. The summed E-state index contributed by atoms with van der Waals surface area (Å²) in [6, 6.07) is 7.51. The van der Waals surface area contributed by atoms with E-state index in [2.05, 4.69) is 9.97 Å². The van der Waals surface area contributed by atoms with E-state index in [9.17, 15) is 4.79 Å². The van der Waals surface area contributed by atoms with Crippen LogP contribution >= 0.6 is 0 Å². The molecule has 0 aliphatic rings.